The lowest BCUT2D eigenvalue weighted by molar-refractivity contribution is -0.130. The molecule has 3 nitrogen and oxygen atoms in total. The van der Waals surface area contributed by atoms with E-state index >= 15 is 0 Å². The maximum atomic E-state index is 11.8. The lowest BCUT2D eigenvalue weighted by atomic mass is 10.1. The Labute approximate surface area is 120 Å². The number of amides is 1. The van der Waals surface area contributed by atoms with Gasteiger partial charge in [-0.25, -0.2) is 0 Å². The Morgan fingerprint density at radius 2 is 2.05 bits per heavy atom. The van der Waals surface area contributed by atoms with Gasteiger partial charge < -0.3 is 10.2 Å². The van der Waals surface area contributed by atoms with E-state index < -0.39 is 0 Å². The van der Waals surface area contributed by atoms with Crippen molar-refractivity contribution in [1.29, 1.82) is 0 Å². The van der Waals surface area contributed by atoms with E-state index in [-0.39, 0.29) is 11.9 Å². The topological polar surface area (TPSA) is 32.3 Å². The van der Waals surface area contributed by atoms with Crippen molar-refractivity contribution < 1.29 is 4.79 Å². The van der Waals surface area contributed by atoms with Crippen LogP contribution in [0.4, 0.5) is 0 Å². The third-order valence-corrected chi connectivity index (χ3v) is 3.49. The normalized spacial score (nSPS) is 12.2. The maximum Gasteiger partial charge on any atom is 0.223 e. The summed E-state index contributed by atoms with van der Waals surface area (Å²) in [4.78, 5) is 13.7. The first-order valence-corrected chi connectivity index (χ1v) is 7.22. The van der Waals surface area contributed by atoms with Gasteiger partial charge in [-0.2, -0.15) is 0 Å². The molecule has 0 aromatic heterocycles. The fraction of sp³-hybridized carbons (Fsp3) is 0.533. The van der Waals surface area contributed by atoms with Gasteiger partial charge in [0, 0.05) is 37.1 Å². The Kier molecular flexibility index (Phi) is 6.89. The summed E-state index contributed by atoms with van der Waals surface area (Å²) < 4.78 is 0. The monoisotopic (exact) mass is 282 g/mol. The highest BCUT2D eigenvalue weighted by Gasteiger charge is 2.10. The van der Waals surface area contributed by atoms with E-state index in [1.54, 1.807) is 0 Å². The third kappa shape index (κ3) is 5.21. The Bertz CT molecular complexity index is 405. The molecule has 1 amide bonds. The Morgan fingerprint density at radius 3 is 2.63 bits per heavy atom. The molecule has 1 aromatic carbocycles. The first-order chi connectivity index (χ1) is 9.08. The molecule has 0 saturated carbocycles. The number of nitrogens with one attached hydrogen (secondary N) is 1. The number of nitrogens with zero attached hydrogens (tertiary/aromatic N) is 1. The van der Waals surface area contributed by atoms with Crippen LogP contribution in [-0.2, 0) is 4.79 Å². The highest BCUT2D eigenvalue weighted by molar-refractivity contribution is 6.30. The number of rotatable bonds is 7. The van der Waals surface area contributed by atoms with Gasteiger partial charge in [0.05, 0.1) is 0 Å². The number of carbonyl (C=O) groups is 1. The van der Waals surface area contributed by atoms with E-state index in [2.05, 4.69) is 12.2 Å². The molecular formula is C15H23ClN2O. The van der Waals surface area contributed by atoms with E-state index in [1.807, 2.05) is 43.0 Å². The summed E-state index contributed by atoms with van der Waals surface area (Å²) in [5.41, 5.74) is 1.14. The highest BCUT2D eigenvalue weighted by Crippen LogP contribution is 2.17. The molecule has 0 spiro atoms. The molecule has 19 heavy (non-hydrogen) atoms. The first kappa shape index (κ1) is 16.0. The number of carbonyl (C=O) groups excluding carboxylic acids is 1. The van der Waals surface area contributed by atoms with Crippen LogP contribution in [0.1, 0.15) is 38.8 Å². The van der Waals surface area contributed by atoms with Crippen molar-refractivity contribution >= 4 is 17.5 Å². The van der Waals surface area contributed by atoms with Crippen LogP contribution in [0.15, 0.2) is 24.3 Å². The molecule has 1 unspecified atom stereocenters. The van der Waals surface area contributed by atoms with Gasteiger partial charge in [0.15, 0.2) is 0 Å². The zero-order valence-corrected chi connectivity index (χ0v) is 12.7. The SMILES string of the molecule is CCN(CC)C(=O)CCNC(C)c1cccc(Cl)c1. The van der Waals surface area contributed by atoms with E-state index in [0.717, 1.165) is 23.7 Å². The van der Waals surface area contributed by atoms with Gasteiger partial charge in [-0.1, -0.05) is 23.7 Å². The van der Waals surface area contributed by atoms with E-state index in [1.165, 1.54) is 0 Å². The second-order valence-corrected chi connectivity index (χ2v) is 4.98. The molecule has 1 rings (SSSR count). The molecule has 0 aliphatic heterocycles. The van der Waals surface area contributed by atoms with Gasteiger partial charge in [0.25, 0.3) is 0 Å². The van der Waals surface area contributed by atoms with Crippen molar-refractivity contribution in [3.8, 4) is 0 Å². The van der Waals surface area contributed by atoms with Crippen LogP contribution in [0.2, 0.25) is 5.02 Å². The summed E-state index contributed by atoms with van der Waals surface area (Å²) >= 11 is 5.96. The highest BCUT2D eigenvalue weighted by atomic mass is 35.5. The summed E-state index contributed by atoms with van der Waals surface area (Å²) in [5.74, 6) is 0.204. The van der Waals surface area contributed by atoms with Gasteiger partial charge in [-0.05, 0) is 38.5 Å². The lowest BCUT2D eigenvalue weighted by Gasteiger charge is -2.20. The van der Waals surface area contributed by atoms with Crippen molar-refractivity contribution in [3.63, 3.8) is 0 Å². The fourth-order valence-electron chi connectivity index (χ4n) is 2.02. The van der Waals surface area contributed by atoms with Gasteiger partial charge in [0.1, 0.15) is 0 Å². The molecular weight excluding hydrogens is 260 g/mol. The molecule has 4 heteroatoms. The smallest absolute Gasteiger partial charge is 0.223 e. The molecule has 0 aliphatic carbocycles. The molecule has 1 N–H and O–H groups in total. The molecule has 0 bridgehead atoms. The van der Waals surface area contributed by atoms with Crippen LogP contribution < -0.4 is 5.32 Å². The van der Waals surface area contributed by atoms with Crippen LogP contribution in [0.3, 0.4) is 0 Å². The van der Waals surface area contributed by atoms with Crippen molar-refractivity contribution in [3.05, 3.63) is 34.9 Å². The van der Waals surface area contributed by atoms with Crippen LogP contribution in [0.25, 0.3) is 0 Å². The third-order valence-electron chi connectivity index (χ3n) is 3.25. The molecule has 0 radical (unpaired) electrons. The largest absolute Gasteiger partial charge is 0.343 e. The molecule has 0 saturated heterocycles. The average molecular weight is 283 g/mol. The minimum atomic E-state index is 0.197. The van der Waals surface area contributed by atoms with E-state index in [4.69, 9.17) is 11.6 Å². The van der Waals surface area contributed by atoms with E-state index in [9.17, 15) is 4.79 Å². The Morgan fingerprint density at radius 1 is 1.37 bits per heavy atom. The van der Waals surface area contributed by atoms with Crippen molar-refractivity contribution in [1.82, 2.24) is 10.2 Å². The van der Waals surface area contributed by atoms with Gasteiger partial charge in [-0.15, -0.1) is 0 Å². The summed E-state index contributed by atoms with van der Waals surface area (Å²) in [5, 5.41) is 4.10. The first-order valence-electron chi connectivity index (χ1n) is 6.85. The summed E-state index contributed by atoms with van der Waals surface area (Å²) in [6.45, 7) is 8.32. The molecule has 1 aromatic rings. The minimum Gasteiger partial charge on any atom is -0.343 e. The minimum absolute atomic E-state index is 0.197. The zero-order chi connectivity index (χ0) is 14.3. The number of benzene rings is 1. The summed E-state index contributed by atoms with van der Waals surface area (Å²) in [6, 6.07) is 7.99. The van der Waals surface area contributed by atoms with Crippen LogP contribution in [-0.4, -0.2) is 30.4 Å². The summed E-state index contributed by atoms with van der Waals surface area (Å²) in [6.07, 6.45) is 0.534. The van der Waals surface area contributed by atoms with Crippen molar-refractivity contribution in [2.75, 3.05) is 19.6 Å². The van der Waals surface area contributed by atoms with Crippen molar-refractivity contribution in [2.45, 2.75) is 33.2 Å². The molecule has 106 valence electrons. The van der Waals surface area contributed by atoms with Crippen LogP contribution >= 0.6 is 11.6 Å². The second-order valence-electron chi connectivity index (χ2n) is 4.55. The molecule has 0 heterocycles. The predicted octanol–water partition coefficient (Wildman–Crippen LogP) is 3.25. The maximum absolute atomic E-state index is 11.8. The number of hydrogen-bond donors (Lipinski definition) is 1. The van der Waals surface area contributed by atoms with E-state index in [0.29, 0.717) is 13.0 Å². The van der Waals surface area contributed by atoms with Crippen LogP contribution in [0.5, 0.6) is 0 Å². The quantitative estimate of drug-likeness (QED) is 0.833. The number of hydrogen-bond acceptors (Lipinski definition) is 2. The molecule has 0 aliphatic rings. The van der Waals surface area contributed by atoms with Crippen molar-refractivity contribution in [2.24, 2.45) is 0 Å². The average Bonchev–Trinajstić information content (AvgIpc) is 2.40. The fourth-order valence-corrected chi connectivity index (χ4v) is 2.22. The van der Waals surface area contributed by atoms with Gasteiger partial charge >= 0.3 is 0 Å². The molecule has 0 fully saturated rings. The van der Waals surface area contributed by atoms with Gasteiger partial charge in [-0.3, -0.25) is 4.79 Å². The Hall–Kier alpha value is -1.06. The second kappa shape index (κ2) is 8.18. The van der Waals surface area contributed by atoms with Crippen LogP contribution in [0, 0.1) is 0 Å². The summed E-state index contributed by atoms with van der Waals surface area (Å²) in [7, 11) is 0. The lowest BCUT2D eigenvalue weighted by Crippen LogP contribution is -2.33. The van der Waals surface area contributed by atoms with Gasteiger partial charge in [0.2, 0.25) is 5.91 Å². The zero-order valence-electron chi connectivity index (χ0n) is 11.9. The standard InChI is InChI=1S/C15H23ClN2O/c1-4-18(5-2)15(19)9-10-17-12(3)13-7-6-8-14(16)11-13/h6-8,11-12,17H,4-5,9-10H2,1-3H3. The number of halogens is 1. The Balaban J connectivity index is 2.39. The predicted molar refractivity (Wildman–Crippen MR) is 80.4 cm³/mol. The molecule has 1 atom stereocenters.